The van der Waals surface area contributed by atoms with Gasteiger partial charge in [0.05, 0.1) is 22.9 Å². The molecule has 1 N–H and O–H groups in total. The Bertz CT molecular complexity index is 991. The van der Waals surface area contributed by atoms with Gasteiger partial charge in [-0.15, -0.1) is 0 Å². The third-order valence-corrected chi connectivity index (χ3v) is 4.64. The molecule has 0 aliphatic heterocycles. The molecule has 1 aromatic heterocycles. The number of fused-ring (bicyclic) bond motifs is 2. The van der Waals surface area contributed by atoms with Gasteiger partial charge in [-0.3, -0.25) is 4.79 Å². The third-order valence-electron chi connectivity index (χ3n) is 4.64. The molecule has 4 nitrogen and oxygen atoms in total. The fraction of sp³-hybridized carbons (Fsp3) is 0.263. The Morgan fingerprint density at radius 2 is 1.96 bits per heavy atom. The second kappa shape index (κ2) is 6.16. The van der Waals surface area contributed by atoms with E-state index in [0.717, 1.165) is 25.3 Å². The van der Waals surface area contributed by atoms with Crippen LogP contribution in [0.1, 0.15) is 23.1 Å². The van der Waals surface area contributed by atoms with Crippen molar-refractivity contribution in [1.29, 1.82) is 0 Å². The number of alkyl halides is 3. The van der Waals surface area contributed by atoms with Crippen molar-refractivity contribution >= 4 is 22.6 Å². The molecule has 134 valence electrons. The molecule has 1 heterocycles. The van der Waals surface area contributed by atoms with Gasteiger partial charge in [0.15, 0.2) is 0 Å². The van der Waals surface area contributed by atoms with Crippen LogP contribution in [-0.2, 0) is 30.4 Å². The van der Waals surface area contributed by atoms with Crippen LogP contribution in [0.5, 0.6) is 0 Å². The first kappa shape index (κ1) is 16.6. The summed E-state index contributed by atoms with van der Waals surface area (Å²) < 4.78 is 41.0. The van der Waals surface area contributed by atoms with Crippen LogP contribution in [-0.4, -0.2) is 15.5 Å². The van der Waals surface area contributed by atoms with E-state index in [9.17, 15) is 18.0 Å². The van der Waals surface area contributed by atoms with Gasteiger partial charge in [0.1, 0.15) is 6.54 Å². The maximum absolute atomic E-state index is 13.2. The van der Waals surface area contributed by atoms with Crippen molar-refractivity contribution in [3.63, 3.8) is 0 Å². The average Bonchev–Trinajstić information content (AvgIpc) is 3.20. The van der Waals surface area contributed by atoms with Crippen molar-refractivity contribution in [2.45, 2.75) is 32.0 Å². The summed E-state index contributed by atoms with van der Waals surface area (Å²) in [4.78, 5) is 16.3. The topological polar surface area (TPSA) is 46.9 Å². The number of carbonyl (C=O) groups is 1. The van der Waals surface area contributed by atoms with Crippen LogP contribution in [0.3, 0.4) is 0 Å². The predicted molar refractivity (Wildman–Crippen MR) is 91.8 cm³/mol. The van der Waals surface area contributed by atoms with Crippen LogP contribution in [0, 0.1) is 0 Å². The minimum absolute atomic E-state index is 0.0795. The highest BCUT2D eigenvalue weighted by Crippen LogP contribution is 2.34. The molecule has 0 unspecified atom stereocenters. The number of benzene rings is 2. The number of imidazole rings is 1. The lowest BCUT2D eigenvalue weighted by molar-refractivity contribution is -0.136. The first-order valence-corrected chi connectivity index (χ1v) is 8.34. The van der Waals surface area contributed by atoms with E-state index in [1.165, 1.54) is 34.2 Å². The molecule has 0 atom stereocenters. The van der Waals surface area contributed by atoms with Crippen LogP contribution in [0.25, 0.3) is 11.0 Å². The van der Waals surface area contributed by atoms with Crippen molar-refractivity contribution in [2.24, 2.45) is 0 Å². The zero-order valence-electron chi connectivity index (χ0n) is 13.8. The van der Waals surface area contributed by atoms with Gasteiger partial charge in [-0.2, -0.15) is 13.2 Å². The first-order valence-electron chi connectivity index (χ1n) is 8.34. The number of aromatic nitrogens is 2. The van der Waals surface area contributed by atoms with Gasteiger partial charge in [0.25, 0.3) is 0 Å². The highest BCUT2D eigenvalue weighted by atomic mass is 19.4. The van der Waals surface area contributed by atoms with Crippen LogP contribution in [0.15, 0.2) is 42.7 Å². The van der Waals surface area contributed by atoms with Crippen molar-refractivity contribution in [3.05, 3.63) is 59.4 Å². The van der Waals surface area contributed by atoms with Gasteiger partial charge in [-0.25, -0.2) is 4.98 Å². The normalized spacial score (nSPS) is 13.8. The number of carbonyl (C=O) groups excluding carboxylic acids is 1. The van der Waals surface area contributed by atoms with E-state index in [1.807, 2.05) is 18.2 Å². The molecule has 0 saturated carbocycles. The molecule has 4 rings (SSSR count). The number of nitrogens with zero attached hydrogens (tertiary/aromatic N) is 2. The first-order chi connectivity index (χ1) is 12.4. The van der Waals surface area contributed by atoms with E-state index in [-0.39, 0.29) is 23.5 Å². The fourth-order valence-electron chi connectivity index (χ4n) is 3.48. The monoisotopic (exact) mass is 359 g/mol. The molecule has 1 aliphatic carbocycles. The molecule has 3 aromatic rings. The Morgan fingerprint density at radius 1 is 1.15 bits per heavy atom. The predicted octanol–water partition coefficient (Wildman–Crippen LogP) is 4.18. The van der Waals surface area contributed by atoms with Gasteiger partial charge in [-0.1, -0.05) is 12.1 Å². The van der Waals surface area contributed by atoms with E-state index in [0.29, 0.717) is 5.69 Å². The second-order valence-corrected chi connectivity index (χ2v) is 6.43. The number of aryl methyl sites for hydroxylation is 2. The molecule has 2 aromatic carbocycles. The molecule has 0 saturated heterocycles. The molecule has 26 heavy (non-hydrogen) atoms. The zero-order valence-corrected chi connectivity index (χ0v) is 13.8. The van der Waals surface area contributed by atoms with E-state index in [4.69, 9.17) is 0 Å². The van der Waals surface area contributed by atoms with Crippen molar-refractivity contribution in [2.75, 3.05) is 5.32 Å². The number of hydrogen-bond donors (Lipinski definition) is 1. The number of nitrogens with one attached hydrogen (secondary N) is 1. The molecule has 0 fully saturated rings. The lowest BCUT2D eigenvalue weighted by Gasteiger charge is -2.12. The summed E-state index contributed by atoms with van der Waals surface area (Å²) in [5, 5.41) is 2.76. The zero-order chi connectivity index (χ0) is 18.3. The molecular formula is C19H16F3N3O. The maximum Gasteiger partial charge on any atom is 0.418 e. The van der Waals surface area contributed by atoms with Gasteiger partial charge >= 0.3 is 6.18 Å². The van der Waals surface area contributed by atoms with E-state index >= 15 is 0 Å². The lowest BCUT2D eigenvalue weighted by atomic mass is 10.1. The summed E-state index contributed by atoms with van der Waals surface area (Å²) in [6, 6.07) is 9.57. The molecule has 1 amide bonds. The Labute approximate surface area is 147 Å². The van der Waals surface area contributed by atoms with Gasteiger partial charge in [-0.05, 0) is 54.7 Å². The van der Waals surface area contributed by atoms with Crippen LogP contribution in [0.4, 0.5) is 18.9 Å². The lowest BCUT2D eigenvalue weighted by Crippen LogP contribution is -2.19. The van der Waals surface area contributed by atoms with Gasteiger partial charge in [0.2, 0.25) is 5.91 Å². The Morgan fingerprint density at radius 3 is 2.77 bits per heavy atom. The largest absolute Gasteiger partial charge is 0.418 e. The van der Waals surface area contributed by atoms with Crippen molar-refractivity contribution in [3.8, 4) is 0 Å². The van der Waals surface area contributed by atoms with Gasteiger partial charge < -0.3 is 9.88 Å². The van der Waals surface area contributed by atoms with E-state index in [1.54, 1.807) is 0 Å². The maximum atomic E-state index is 13.2. The minimum Gasteiger partial charge on any atom is -0.325 e. The summed E-state index contributed by atoms with van der Waals surface area (Å²) in [6.45, 7) is -0.235. The fourth-order valence-corrected chi connectivity index (χ4v) is 3.48. The van der Waals surface area contributed by atoms with Crippen molar-refractivity contribution < 1.29 is 18.0 Å². The molecule has 1 aliphatic rings. The standard InChI is InChI=1S/C19H16F3N3O/c20-19(21,22)15-5-2-6-16-18(15)25(11-23-16)10-17(26)24-14-8-7-12-3-1-4-13(12)9-14/h2,5-9,11H,1,3-4,10H2,(H,24,26). The molecular weight excluding hydrogens is 343 g/mol. The molecule has 0 bridgehead atoms. The van der Waals surface area contributed by atoms with Crippen LogP contribution in [0.2, 0.25) is 0 Å². The summed E-state index contributed by atoms with van der Waals surface area (Å²) in [6.07, 6.45) is -0.102. The van der Waals surface area contributed by atoms with E-state index < -0.39 is 11.7 Å². The Kier molecular flexibility index (Phi) is 3.94. The molecule has 7 heteroatoms. The van der Waals surface area contributed by atoms with Crippen molar-refractivity contribution in [1.82, 2.24) is 9.55 Å². The smallest absolute Gasteiger partial charge is 0.325 e. The van der Waals surface area contributed by atoms with Crippen LogP contribution >= 0.6 is 0 Å². The summed E-state index contributed by atoms with van der Waals surface area (Å²) in [5.74, 6) is -0.390. The SMILES string of the molecule is O=C(Cn1cnc2cccc(C(F)(F)F)c21)Nc1ccc2c(c1)CCC2. The quantitative estimate of drug-likeness (QED) is 0.763. The number of amides is 1. The van der Waals surface area contributed by atoms with E-state index in [2.05, 4.69) is 10.3 Å². The number of halogens is 3. The summed E-state index contributed by atoms with van der Waals surface area (Å²) in [7, 11) is 0. The Hall–Kier alpha value is -2.83. The third kappa shape index (κ3) is 3.05. The molecule has 0 radical (unpaired) electrons. The number of anilines is 1. The Balaban J connectivity index is 1.58. The number of hydrogen-bond acceptors (Lipinski definition) is 2. The minimum atomic E-state index is -4.51. The number of rotatable bonds is 3. The highest BCUT2D eigenvalue weighted by molar-refractivity contribution is 5.92. The second-order valence-electron chi connectivity index (χ2n) is 6.43. The summed E-state index contributed by atoms with van der Waals surface area (Å²) in [5.41, 5.74) is 2.51. The molecule has 0 spiro atoms. The highest BCUT2D eigenvalue weighted by Gasteiger charge is 2.34. The average molecular weight is 359 g/mol. The number of para-hydroxylation sites is 1. The van der Waals surface area contributed by atoms with Crippen LogP contribution < -0.4 is 5.32 Å². The summed E-state index contributed by atoms with van der Waals surface area (Å²) >= 11 is 0. The van der Waals surface area contributed by atoms with Gasteiger partial charge in [0, 0.05) is 5.69 Å².